The van der Waals surface area contributed by atoms with Gasteiger partial charge in [0, 0.05) is 44.4 Å². The summed E-state index contributed by atoms with van der Waals surface area (Å²) in [4.78, 5) is 22.0. The van der Waals surface area contributed by atoms with E-state index in [1.807, 2.05) is 17.0 Å². The highest BCUT2D eigenvalue weighted by molar-refractivity contribution is 5.99. The maximum Gasteiger partial charge on any atom is 0.257 e. The molecular weight excluding hydrogens is 318 g/mol. The van der Waals surface area contributed by atoms with Crippen LogP contribution in [-0.4, -0.2) is 65.9 Å². The van der Waals surface area contributed by atoms with E-state index in [1.165, 1.54) is 0 Å². The highest BCUT2D eigenvalue weighted by atomic mass is 16.5. The minimum absolute atomic E-state index is 0.0205. The van der Waals surface area contributed by atoms with Crippen molar-refractivity contribution in [3.8, 4) is 0 Å². The first kappa shape index (κ1) is 16.8. The van der Waals surface area contributed by atoms with E-state index in [0.29, 0.717) is 25.2 Å². The molecule has 4 heterocycles. The molecule has 136 valence electrons. The van der Waals surface area contributed by atoms with E-state index < -0.39 is 0 Å². The SMILES string of the molecule is O=C(c1cccnc1N1CCCC1)N1CCCC1C1COCCC1O. The second-order valence-electron chi connectivity index (χ2n) is 7.37. The lowest BCUT2D eigenvalue weighted by molar-refractivity contribution is -0.0589. The highest BCUT2D eigenvalue weighted by Crippen LogP contribution is 2.32. The predicted octanol–water partition coefficient (Wildman–Crippen LogP) is 1.68. The van der Waals surface area contributed by atoms with Crippen molar-refractivity contribution in [2.75, 3.05) is 37.7 Å². The van der Waals surface area contributed by atoms with Gasteiger partial charge in [-0.3, -0.25) is 4.79 Å². The number of aliphatic hydroxyl groups excluding tert-OH is 1. The lowest BCUT2D eigenvalue weighted by Crippen LogP contribution is -2.48. The molecule has 3 unspecified atom stereocenters. The van der Waals surface area contributed by atoms with E-state index in [9.17, 15) is 9.90 Å². The van der Waals surface area contributed by atoms with Crippen LogP contribution in [0.25, 0.3) is 0 Å². The number of carbonyl (C=O) groups excluding carboxylic acids is 1. The summed E-state index contributed by atoms with van der Waals surface area (Å²) >= 11 is 0. The van der Waals surface area contributed by atoms with Crippen LogP contribution in [0.3, 0.4) is 0 Å². The van der Waals surface area contributed by atoms with E-state index in [4.69, 9.17) is 4.74 Å². The van der Waals surface area contributed by atoms with Gasteiger partial charge in [0.25, 0.3) is 5.91 Å². The number of carbonyl (C=O) groups is 1. The Morgan fingerprint density at radius 1 is 1.20 bits per heavy atom. The maximum absolute atomic E-state index is 13.3. The van der Waals surface area contributed by atoms with E-state index in [0.717, 1.165) is 51.1 Å². The number of hydrogen-bond acceptors (Lipinski definition) is 5. The van der Waals surface area contributed by atoms with Crippen LogP contribution in [0.2, 0.25) is 0 Å². The standard InChI is InChI=1S/C19H27N3O3/c23-17-7-12-25-13-15(17)16-6-4-11-22(16)19(24)14-5-3-8-20-18(14)21-9-1-2-10-21/h3,5,8,15-17,23H,1-2,4,6-7,9-13H2. The molecule has 3 aliphatic heterocycles. The molecule has 6 heteroatoms. The van der Waals surface area contributed by atoms with Crippen LogP contribution in [0.4, 0.5) is 5.82 Å². The van der Waals surface area contributed by atoms with Crippen molar-refractivity contribution in [1.29, 1.82) is 0 Å². The van der Waals surface area contributed by atoms with Crippen molar-refractivity contribution in [1.82, 2.24) is 9.88 Å². The molecule has 0 bridgehead atoms. The summed E-state index contributed by atoms with van der Waals surface area (Å²) in [5, 5.41) is 10.4. The topological polar surface area (TPSA) is 65.9 Å². The molecule has 3 fully saturated rings. The Hall–Kier alpha value is -1.66. The number of anilines is 1. The molecule has 0 aromatic carbocycles. The zero-order valence-corrected chi connectivity index (χ0v) is 14.6. The number of hydrogen-bond donors (Lipinski definition) is 1. The Kier molecular flexibility index (Phi) is 4.90. The Morgan fingerprint density at radius 2 is 2.04 bits per heavy atom. The van der Waals surface area contributed by atoms with E-state index >= 15 is 0 Å². The van der Waals surface area contributed by atoms with Gasteiger partial charge in [-0.2, -0.15) is 0 Å². The molecule has 0 saturated carbocycles. The molecule has 3 saturated heterocycles. The molecule has 1 aromatic heterocycles. The molecule has 1 amide bonds. The van der Waals surface area contributed by atoms with Gasteiger partial charge < -0.3 is 19.6 Å². The first-order chi connectivity index (χ1) is 12.3. The number of amides is 1. The molecule has 4 rings (SSSR count). The number of likely N-dealkylation sites (tertiary alicyclic amines) is 1. The quantitative estimate of drug-likeness (QED) is 0.903. The molecule has 1 N–H and O–H groups in total. The number of aliphatic hydroxyl groups is 1. The monoisotopic (exact) mass is 345 g/mol. The third-order valence-electron chi connectivity index (χ3n) is 5.84. The van der Waals surface area contributed by atoms with Gasteiger partial charge in [0.05, 0.1) is 18.3 Å². The third kappa shape index (κ3) is 3.25. The number of pyridine rings is 1. The van der Waals surface area contributed by atoms with E-state index in [2.05, 4.69) is 9.88 Å². The minimum Gasteiger partial charge on any atom is -0.393 e. The van der Waals surface area contributed by atoms with Gasteiger partial charge in [-0.1, -0.05) is 0 Å². The van der Waals surface area contributed by atoms with Crippen LogP contribution in [0.15, 0.2) is 18.3 Å². The zero-order chi connectivity index (χ0) is 17.2. The third-order valence-corrected chi connectivity index (χ3v) is 5.84. The largest absolute Gasteiger partial charge is 0.393 e. The molecule has 3 aliphatic rings. The summed E-state index contributed by atoms with van der Waals surface area (Å²) in [6.07, 6.45) is 6.29. The minimum atomic E-state index is -0.376. The summed E-state index contributed by atoms with van der Waals surface area (Å²) in [6.45, 7) is 3.84. The van der Waals surface area contributed by atoms with Crippen LogP contribution < -0.4 is 4.90 Å². The predicted molar refractivity (Wildman–Crippen MR) is 94.7 cm³/mol. The van der Waals surface area contributed by atoms with Gasteiger partial charge in [-0.25, -0.2) is 4.98 Å². The lowest BCUT2D eigenvalue weighted by Gasteiger charge is -2.37. The molecule has 0 spiro atoms. The molecule has 3 atom stereocenters. The highest BCUT2D eigenvalue weighted by Gasteiger charge is 2.40. The number of nitrogens with zero attached hydrogens (tertiary/aromatic N) is 3. The maximum atomic E-state index is 13.3. The fraction of sp³-hybridized carbons (Fsp3) is 0.684. The Bertz CT molecular complexity index is 618. The summed E-state index contributed by atoms with van der Waals surface area (Å²) in [7, 11) is 0. The summed E-state index contributed by atoms with van der Waals surface area (Å²) in [5.41, 5.74) is 0.697. The van der Waals surface area contributed by atoms with E-state index in [-0.39, 0.29) is 24.0 Å². The van der Waals surface area contributed by atoms with Crippen molar-refractivity contribution in [3.05, 3.63) is 23.9 Å². The fourth-order valence-corrected chi connectivity index (χ4v) is 4.51. The normalized spacial score (nSPS) is 30.0. The molecule has 0 aliphatic carbocycles. The van der Waals surface area contributed by atoms with Crippen LogP contribution in [0, 0.1) is 5.92 Å². The van der Waals surface area contributed by atoms with Crippen molar-refractivity contribution in [2.24, 2.45) is 5.92 Å². The van der Waals surface area contributed by atoms with Gasteiger partial charge >= 0.3 is 0 Å². The first-order valence-electron chi connectivity index (χ1n) is 9.52. The second-order valence-corrected chi connectivity index (χ2v) is 7.37. The lowest BCUT2D eigenvalue weighted by atomic mass is 9.89. The van der Waals surface area contributed by atoms with Gasteiger partial charge in [0.15, 0.2) is 0 Å². The smallest absolute Gasteiger partial charge is 0.257 e. The number of ether oxygens (including phenoxy) is 1. The average Bonchev–Trinajstić information content (AvgIpc) is 3.33. The van der Waals surface area contributed by atoms with Crippen molar-refractivity contribution >= 4 is 11.7 Å². The fourth-order valence-electron chi connectivity index (χ4n) is 4.51. The van der Waals surface area contributed by atoms with Crippen LogP contribution in [0.5, 0.6) is 0 Å². The first-order valence-corrected chi connectivity index (χ1v) is 9.52. The van der Waals surface area contributed by atoms with E-state index in [1.54, 1.807) is 6.20 Å². The molecule has 25 heavy (non-hydrogen) atoms. The summed E-state index contributed by atoms with van der Waals surface area (Å²) in [6, 6.07) is 3.80. The molecular formula is C19H27N3O3. The van der Waals surface area contributed by atoms with Gasteiger partial charge in [0.1, 0.15) is 5.82 Å². The molecule has 0 radical (unpaired) electrons. The molecule has 6 nitrogen and oxygen atoms in total. The zero-order valence-electron chi connectivity index (χ0n) is 14.6. The molecule has 1 aromatic rings. The van der Waals surface area contributed by atoms with Crippen molar-refractivity contribution in [2.45, 2.75) is 44.2 Å². The Balaban J connectivity index is 1.57. The van der Waals surface area contributed by atoms with Crippen LogP contribution in [0.1, 0.15) is 42.5 Å². The second kappa shape index (κ2) is 7.30. The van der Waals surface area contributed by atoms with Crippen LogP contribution >= 0.6 is 0 Å². The van der Waals surface area contributed by atoms with Gasteiger partial charge in [-0.05, 0) is 44.2 Å². The number of rotatable bonds is 3. The summed E-state index contributed by atoms with van der Waals surface area (Å²) < 4.78 is 5.59. The van der Waals surface area contributed by atoms with Crippen molar-refractivity contribution in [3.63, 3.8) is 0 Å². The average molecular weight is 345 g/mol. The Labute approximate surface area is 148 Å². The summed E-state index contributed by atoms with van der Waals surface area (Å²) in [5.74, 6) is 0.887. The van der Waals surface area contributed by atoms with Crippen LogP contribution in [-0.2, 0) is 4.74 Å². The van der Waals surface area contributed by atoms with Crippen molar-refractivity contribution < 1.29 is 14.6 Å². The Morgan fingerprint density at radius 3 is 2.84 bits per heavy atom. The van der Waals surface area contributed by atoms with Gasteiger partial charge in [0.2, 0.25) is 0 Å². The van der Waals surface area contributed by atoms with Gasteiger partial charge in [-0.15, -0.1) is 0 Å². The number of aromatic nitrogens is 1.